The molecule has 0 radical (unpaired) electrons. The van der Waals surface area contributed by atoms with Crippen LogP contribution in [-0.2, 0) is 0 Å². The predicted molar refractivity (Wildman–Crippen MR) is 104 cm³/mol. The van der Waals surface area contributed by atoms with E-state index < -0.39 is 5.82 Å². The minimum atomic E-state index is -0.437. The van der Waals surface area contributed by atoms with Crippen molar-refractivity contribution in [2.45, 2.75) is 0 Å². The van der Waals surface area contributed by atoms with Crippen LogP contribution in [0.1, 0.15) is 0 Å². The minimum Gasteiger partial charge on any atom is -0.437 e. The zero-order valence-corrected chi connectivity index (χ0v) is 15.6. The number of anilines is 2. The van der Waals surface area contributed by atoms with Gasteiger partial charge in [-0.15, -0.1) is 0 Å². The molecule has 1 aliphatic rings. The molecule has 0 aliphatic carbocycles. The Morgan fingerprint density at radius 1 is 0.893 bits per heavy atom. The Morgan fingerprint density at radius 3 is 2.39 bits per heavy atom. The highest BCUT2D eigenvalue weighted by Gasteiger charge is 2.21. The van der Waals surface area contributed by atoms with Gasteiger partial charge < -0.3 is 14.5 Å². The van der Waals surface area contributed by atoms with Gasteiger partial charge in [0.05, 0.1) is 10.7 Å². The average molecular weight is 403 g/mol. The maximum absolute atomic E-state index is 14.0. The first-order valence-corrected chi connectivity index (χ1v) is 9.17. The van der Waals surface area contributed by atoms with Crippen LogP contribution in [0.5, 0.6) is 11.6 Å². The zero-order chi connectivity index (χ0) is 19.5. The highest BCUT2D eigenvalue weighted by molar-refractivity contribution is 6.32. The van der Waals surface area contributed by atoms with Gasteiger partial charge in [0.2, 0.25) is 5.88 Å². The summed E-state index contributed by atoms with van der Waals surface area (Å²) in [6.07, 6.45) is 1.41. The van der Waals surface area contributed by atoms with Gasteiger partial charge in [0.15, 0.2) is 0 Å². The molecule has 1 aromatic heterocycles. The lowest BCUT2D eigenvalue weighted by Gasteiger charge is -2.36. The third kappa shape index (κ3) is 3.99. The number of nitrogens with zero attached hydrogens (tertiary/aromatic N) is 4. The van der Waals surface area contributed by atoms with Crippen LogP contribution < -0.4 is 14.5 Å². The van der Waals surface area contributed by atoms with Crippen molar-refractivity contribution in [1.82, 2.24) is 9.97 Å². The number of piperazine rings is 1. The van der Waals surface area contributed by atoms with Gasteiger partial charge in [-0.05, 0) is 30.3 Å². The average Bonchev–Trinajstić information content (AvgIpc) is 2.71. The van der Waals surface area contributed by atoms with Crippen molar-refractivity contribution < 1.29 is 13.5 Å². The maximum Gasteiger partial charge on any atom is 0.224 e. The second-order valence-corrected chi connectivity index (χ2v) is 6.72. The largest absolute Gasteiger partial charge is 0.437 e. The summed E-state index contributed by atoms with van der Waals surface area (Å²) in [6.45, 7) is 2.71. The Labute approximate surface area is 166 Å². The molecule has 5 nitrogen and oxygen atoms in total. The van der Waals surface area contributed by atoms with Crippen molar-refractivity contribution in [3.8, 4) is 11.6 Å². The summed E-state index contributed by atoms with van der Waals surface area (Å²) >= 11 is 6.00. The Hall–Kier alpha value is -2.93. The van der Waals surface area contributed by atoms with E-state index in [0.717, 1.165) is 0 Å². The van der Waals surface area contributed by atoms with Crippen LogP contribution in [0.3, 0.4) is 0 Å². The second-order valence-electron chi connectivity index (χ2n) is 6.32. The third-order valence-corrected chi connectivity index (χ3v) is 4.83. The monoisotopic (exact) mass is 402 g/mol. The molecule has 28 heavy (non-hydrogen) atoms. The Kier molecular flexibility index (Phi) is 5.25. The summed E-state index contributed by atoms with van der Waals surface area (Å²) in [7, 11) is 0. The number of hydrogen-bond donors (Lipinski definition) is 0. The van der Waals surface area contributed by atoms with Gasteiger partial charge >= 0.3 is 0 Å². The molecule has 1 fully saturated rings. The van der Waals surface area contributed by atoms with Crippen molar-refractivity contribution in [2.24, 2.45) is 0 Å². The fraction of sp³-hybridized carbons (Fsp3) is 0.200. The van der Waals surface area contributed by atoms with E-state index in [1.54, 1.807) is 18.2 Å². The van der Waals surface area contributed by atoms with Gasteiger partial charge in [-0.1, -0.05) is 23.7 Å². The fourth-order valence-corrected chi connectivity index (χ4v) is 3.32. The number of para-hydroxylation sites is 1. The van der Waals surface area contributed by atoms with Crippen LogP contribution in [0.2, 0.25) is 5.02 Å². The molecule has 0 unspecified atom stereocenters. The van der Waals surface area contributed by atoms with E-state index in [2.05, 4.69) is 14.9 Å². The number of hydrogen-bond acceptors (Lipinski definition) is 5. The Balaban J connectivity index is 1.44. The molecule has 1 saturated heterocycles. The molecule has 0 spiro atoms. The molecule has 4 rings (SSSR count). The summed E-state index contributed by atoms with van der Waals surface area (Å²) in [5.41, 5.74) is 0.611. The minimum absolute atomic E-state index is 0.165. The molecule has 2 heterocycles. The molecule has 0 saturated carbocycles. The number of halogens is 3. The standard InChI is InChI=1S/C20H17ClF2N4O/c21-15-11-14(22)5-6-18(15)28-20-12-19(24-13-25-20)27-9-7-26(8-10-27)17-4-2-1-3-16(17)23/h1-6,11-13H,7-10H2. The quantitative estimate of drug-likeness (QED) is 0.641. The van der Waals surface area contributed by atoms with Crippen molar-refractivity contribution in [2.75, 3.05) is 36.0 Å². The van der Waals surface area contributed by atoms with Crippen LogP contribution in [0.25, 0.3) is 0 Å². The number of aromatic nitrogens is 2. The van der Waals surface area contributed by atoms with Crippen molar-refractivity contribution in [1.29, 1.82) is 0 Å². The fourth-order valence-electron chi connectivity index (χ4n) is 3.11. The summed E-state index contributed by atoms with van der Waals surface area (Å²) < 4.78 is 32.8. The molecule has 144 valence electrons. The highest BCUT2D eigenvalue weighted by atomic mass is 35.5. The second kappa shape index (κ2) is 7.98. The topological polar surface area (TPSA) is 41.5 Å². The molecular formula is C20H17ClF2N4O. The molecule has 0 atom stereocenters. The summed E-state index contributed by atoms with van der Waals surface area (Å²) in [5, 5.41) is 0.165. The molecule has 1 aliphatic heterocycles. The lowest BCUT2D eigenvalue weighted by atomic mass is 10.2. The number of benzene rings is 2. The first kappa shape index (κ1) is 18.4. The zero-order valence-electron chi connectivity index (χ0n) is 14.9. The van der Waals surface area contributed by atoms with Gasteiger partial charge in [-0.25, -0.2) is 18.7 Å². The summed E-state index contributed by atoms with van der Waals surface area (Å²) in [5.74, 6) is 0.682. The molecule has 2 aromatic carbocycles. The first-order valence-electron chi connectivity index (χ1n) is 8.79. The number of rotatable bonds is 4. The SMILES string of the molecule is Fc1ccc(Oc2cc(N3CCN(c4ccccc4F)CC3)ncn2)c(Cl)c1. The lowest BCUT2D eigenvalue weighted by molar-refractivity contribution is 0.459. The van der Waals surface area contributed by atoms with Crippen LogP contribution in [0.15, 0.2) is 54.9 Å². The Bertz CT molecular complexity index is 980. The summed E-state index contributed by atoms with van der Waals surface area (Å²) in [4.78, 5) is 12.5. The molecular weight excluding hydrogens is 386 g/mol. The van der Waals surface area contributed by atoms with Crippen LogP contribution in [0.4, 0.5) is 20.3 Å². The van der Waals surface area contributed by atoms with E-state index in [9.17, 15) is 8.78 Å². The molecule has 8 heteroatoms. The highest BCUT2D eigenvalue weighted by Crippen LogP contribution is 2.30. The molecule has 0 amide bonds. The predicted octanol–water partition coefficient (Wildman–Crippen LogP) is 4.53. The van der Waals surface area contributed by atoms with Gasteiger partial charge in [0.25, 0.3) is 0 Å². The molecule has 0 N–H and O–H groups in total. The van der Waals surface area contributed by atoms with E-state index in [4.69, 9.17) is 16.3 Å². The summed E-state index contributed by atoms with van der Waals surface area (Å²) in [6, 6.07) is 12.4. The van der Waals surface area contributed by atoms with Crippen molar-refractivity contribution in [3.05, 3.63) is 71.5 Å². The van der Waals surface area contributed by atoms with Crippen LogP contribution >= 0.6 is 11.6 Å². The Morgan fingerprint density at radius 2 is 1.64 bits per heavy atom. The van der Waals surface area contributed by atoms with Crippen molar-refractivity contribution in [3.63, 3.8) is 0 Å². The smallest absolute Gasteiger partial charge is 0.224 e. The van der Waals surface area contributed by atoms with Crippen LogP contribution in [-0.4, -0.2) is 36.1 Å². The van der Waals surface area contributed by atoms with E-state index >= 15 is 0 Å². The van der Waals surface area contributed by atoms with E-state index in [0.29, 0.717) is 49.3 Å². The van der Waals surface area contributed by atoms with E-state index in [1.807, 2.05) is 11.0 Å². The van der Waals surface area contributed by atoms with Gasteiger partial charge in [0.1, 0.15) is 29.5 Å². The number of ether oxygens (including phenoxy) is 1. The lowest BCUT2D eigenvalue weighted by Crippen LogP contribution is -2.47. The van der Waals surface area contributed by atoms with Crippen LogP contribution in [0, 0.1) is 11.6 Å². The van der Waals surface area contributed by atoms with Gasteiger partial charge in [0, 0.05) is 32.2 Å². The normalized spacial score (nSPS) is 14.2. The third-order valence-electron chi connectivity index (χ3n) is 4.53. The van der Waals surface area contributed by atoms with Crippen molar-refractivity contribution >= 4 is 23.1 Å². The van der Waals surface area contributed by atoms with E-state index in [-0.39, 0.29) is 10.8 Å². The maximum atomic E-state index is 14.0. The van der Waals surface area contributed by atoms with E-state index in [1.165, 1.54) is 30.6 Å². The first-order chi connectivity index (χ1) is 13.6. The van der Waals surface area contributed by atoms with Gasteiger partial charge in [-0.3, -0.25) is 0 Å². The molecule has 0 bridgehead atoms. The van der Waals surface area contributed by atoms with Gasteiger partial charge in [-0.2, -0.15) is 0 Å². The molecule has 3 aromatic rings.